The van der Waals surface area contributed by atoms with Gasteiger partial charge in [-0.1, -0.05) is 462 Å². The van der Waals surface area contributed by atoms with Crippen LogP contribution in [0, 0.1) is 0 Å². The lowest BCUT2D eigenvalue weighted by molar-refractivity contribution is 0.269. The number of fused-ring (bicyclic) bond motifs is 19. The van der Waals surface area contributed by atoms with E-state index >= 15 is 0 Å². The van der Waals surface area contributed by atoms with Crippen molar-refractivity contribution in [3.8, 4) is 117 Å². The lowest BCUT2D eigenvalue weighted by Crippen LogP contribution is -2.38. The highest BCUT2D eigenvalue weighted by atomic mass is 28.3. The Morgan fingerprint density at radius 2 is 0.496 bits per heavy atom. The molecule has 22 aromatic rings. The van der Waals surface area contributed by atoms with Gasteiger partial charge < -0.3 is 14.2 Å². The van der Waals surface area contributed by atoms with Crippen molar-refractivity contribution in [2.45, 2.75) is 55.7 Å². The third-order valence-electron chi connectivity index (χ3n) is 29.6. The predicted octanol–water partition coefficient (Wildman–Crippen LogP) is 35.1. The van der Waals surface area contributed by atoms with Gasteiger partial charge in [-0.05, 0) is 239 Å². The van der Waals surface area contributed by atoms with Crippen LogP contribution in [0.25, 0.3) is 208 Å². The maximum Gasteiger partial charge on any atom is 0.132 e. The zero-order chi connectivity index (χ0) is 90.9. The quantitative estimate of drug-likeness (QED) is 0.101. The zero-order valence-corrected chi connectivity index (χ0v) is 77.3. The van der Waals surface area contributed by atoms with E-state index in [9.17, 15) is 0 Å². The zero-order valence-electron chi connectivity index (χ0n) is 76.3. The molecule has 6 atom stereocenters. The summed E-state index contributed by atoms with van der Waals surface area (Å²) in [6, 6.07) is 149. The Kier molecular flexibility index (Phi) is 19.8. The second-order valence-corrected chi connectivity index (χ2v) is 43.2. The van der Waals surface area contributed by atoms with E-state index in [4.69, 9.17) is 14.2 Å². The van der Waals surface area contributed by atoms with E-state index in [1.165, 1.54) is 224 Å². The molecule has 0 N–H and O–H groups in total. The number of hydrogen-bond donors (Lipinski definition) is 0. The van der Waals surface area contributed by atoms with Crippen molar-refractivity contribution in [3.63, 3.8) is 0 Å². The Morgan fingerprint density at radius 1 is 0.182 bits per heavy atom. The summed E-state index contributed by atoms with van der Waals surface area (Å²) in [5, 5.41) is 26.9. The molecule has 0 saturated heterocycles. The van der Waals surface area contributed by atoms with Crippen LogP contribution in [-0.2, 0) is 0 Å². The maximum atomic E-state index is 7.04. The van der Waals surface area contributed by atoms with Gasteiger partial charge in [-0.3, -0.25) is 0 Å². The van der Waals surface area contributed by atoms with Crippen LogP contribution < -0.4 is 19.4 Å². The first-order valence-electron chi connectivity index (χ1n) is 48.1. The molecule has 0 aromatic heterocycles. The van der Waals surface area contributed by atoms with Gasteiger partial charge in [0.15, 0.2) is 0 Å². The Hall–Kier alpha value is -16.5. The smallest absolute Gasteiger partial charge is 0.132 e. The Bertz CT molecular complexity index is 8800. The molecule has 28 rings (SSSR count). The van der Waals surface area contributed by atoms with Crippen LogP contribution in [-0.4, -0.2) is 26.4 Å². The standard InChI is InChI=1S/C49H38OSi.C48H32O.C36H24O/c1-51(2,3)45-30-29-34(33-18-6-7-19-35(33)45)41-27-28-43(48-42-24-12-13-26-44(42)50-49(41)48)47-39-22-10-8-20-37(39)46(38-21-9-11-23-40(38)47)36-25-14-16-31-15-4-5-17-32(31)36;1-2-15-32(16-3-1)35-18-6-7-19-36(35)41-28-29-43(47-42-24-12-13-25-44(42)49-48(41)47)46-39-22-10-8-20-37(39)45(38-21-9-11-23-40(38)46)34-27-26-31-14-4-5-17-33(31)30-34;1-2-13-24-23(11-1)12-9-19-25(24)34-26-14-3-5-16-28(26)35(29-17-6-4-15-27(29)34)31-20-10-22-33-36(31)30-18-7-8-21-32(30)37-33/h4-30,42,44H,1-3H3;1-30,42,44H;1-22,30,32H. The number of allylic oxidation sites excluding steroid dienone is 6. The second-order valence-electron chi connectivity index (χ2n) is 38.2. The molecular formula is C133H94O3Si. The topological polar surface area (TPSA) is 27.7 Å². The lowest BCUT2D eigenvalue weighted by atomic mass is 9.80. The van der Waals surface area contributed by atoms with Crippen LogP contribution in [0.3, 0.4) is 0 Å². The van der Waals surface area contributed by atoms with Gasteiger partial charge in [-0.25, -0.2) is 0 Å². The number of hydrogen-bond acceptors (Lipinski definition) is 3. The van der Waals surface area contributed by atoms with Crippen molar-refractivity contribution in [2.24, 2.45) is 0 Å². The van der Waals surface area contributed by atoms with Crippen LogP contribution in [0.5, 0.6) is 17.2 Å². The van der Waals surface area contributed by atoms with Crippen LogP contribution in [0.4, 0.5) is 0 Å². The SMILES string of the molecule is C1=CC2Oc3c(-c4ccccc4-c4ccccc4)ccc(-c4c5ccccc5c(-c5ccc6ccccc6c5)c5ccccc45)c3C2C=C1.C1=CC2Oc3cccc(-c4c5ccccc5c(-c5cccc6ccccc56)c5ccccc45)c3C2C=C1.C[Si](C)(C)c1ccc(-c2ccc(-c3c4ccccc4c(-c4cccc5ccccc45)c4ccccc34)c3c2OC2C=CC=CC32)c2ccccc12. The molecule has 6 unspecified atom stereocenters. The maximum absolute atomic E-state index is 7.04. The third kappa shape index (κ3) is 13.5. The highest BCUT2D eigenvalue weighted by Gasteiger charge is 2.41. The van der Waals surface area contributed by atoms with Gasteiger partial charge in [0.1, 0.15) is 35.6 Å². The summed E-state index contributed by atoms with van der Waals surface area (Å²) >= 11 is 0. The number of benzene rings is 22. The molecule has 0 saturated carbocycles. The molecular weight excluding hydrogens is 1670 g/mol. The van der Waals surface area contributed by atoms with Crippen molar-refractivity contribution in [1.29, 1.82) is 0 Å². The summed E-state index contributed by atoms with van der Waals surface area (Å²) in [5.41, 5.74) is 26.2. The first kappa shape index (κ1) is 81.3. The third-order valence-corrected chi connectivity index (χ3v) is 31.6. The van der Waals surface area contributed by atoms with Crippen molar-refractivity contribution in [3.05, 3.63) is 496 Å². The van der Waals surface area contributed by atoms with Crippen molar-refractivity contribution in [1.82, 2.24) is 0 Å². The predicted molar refractivity (Wildman–Crippen MR) is 583 cm³/mol. The molecule has 0 fully saturated rings. The van der Waals surface area contributed by atoms with E-state index in [2.05, 4.69) is 499 Å². The Balaban J connectivity index is 0.000000108. The van der Waals surface area contributed by atoms with Crippen LogP contribution in [0.2, 0.25) is 19.6 Å². The van der Waals surface area contributed by atoms with E-state index in [1.54, 1.807) is 0 Å². The summed E-state index contributed by atoms with van der Waals surface area (Å²) in [5.74, 6) is 3.47. The van der Waals surface area contributed by atoms with E-state index in [0.717, 1.165) is 22.8 Å². The minimum absolute atomic E-state index is 0.0371. The van der Waals surface area contributed by atoms with Gasteiger partial charge in [0, 0.05) is 45.6 Å². The number of ether oxygens (including phenoxy) is 3. The van der Waals surface area contributed by atoms with Crippen molar-refractivity contribution in [2.75, 3.05) is 0 Å². The summed E-state index contributed by atoms with van der Waals surface area (Å²) in [4.78, 5) is 0. The lowest BCUT2D eigenvalue weighted by Gasteiger charge is -2.23. The van der Waals surface area contributed by atoms with E-state index in [-0.39, 0.29) is 36.1 Å². The van der Waals surface area contributed by atoms with Crippen molar-refractivity contribution < 1.29 is 14.2 Å². The number of rotatable bonds is 10. The molecule has 3 nitrogen and oxygen atoms in total. The minimum atomic E-state index is -1.57. The molecule has 0 bridgehead atoms. The van der Waals surface area contributed by atoms with E-state index in [1.807, 2.05) is 0 Å². The van der Waals surface area contributed by atoms with Gasteiger partial charge >= 0.3 is 0 Å². The fraction of sp³-hybridized carbons (Fsp3) is 0.0677. The Labute approximate surface area is 798 Å². The highest BCUT2D eigenvalue weighted by molar-refractivity contribution is 6.90. The summed E-state index contributed by atoms with van der Waals surface area (Å²) < 4.78 is 20.4. The molecule has 0 radical (unpaired) electrons. The van der Waals surface area contributed by atoms with Gasteiger partial charge in [0.25, 0.3) is 0 Å². The average Bonchev–Trinajstić information content (AvgIpc) is 1.71. The van der Waals surface area contributed by atoms with Gasteiger partial charge in [0.05, 0.1) is 8.07 Å². The molecule has 648 valence electrons. The van der Waals surface area contributed by atoms with E-state index < -0.39 is 8.07 Å². The molecule has 0 amide bonds. The first-order valence-corrected chi connectivity index (χ1v) is 51.6. The van der Waals surface area contributed by atoms with Crippen LogP contribution in [0.15, 0.2) is 479 Å². The molecule has 137 heavy (non-hydrogen) atoms. The summed E-state index contributed by atoms with van der Waals surface area (Å²) in [6.45, 7) is 7.31. The largest absolute Gasteiger partial charge is 0.485 e. The van der Waals surface area contributed by atoms with Gasteiger partial charge in [-0.15, -0.1) is 0 Å². The summed E-state index contributed by atoms with van der Waals surface area (Å²) in [7, 11) is -1.57. The molecule has 3 aliphatic heterocycles. The average molecular weight is 1770 g/mol. The Morgan fingerprint density at radius 3 is 0.964 bits per heavy atom. The monoisotopic (exact) mass is 1770 g/mol. The van der Waals surface area contributed by atoms with E-state index in [0.29, 0.717) is 0 Å². The molecule has 4 heteroatoms. The van der Waals surface area contributed by atoms with Gasteiger partial charge in [0.2, 0.25) is 0 Å². The normalized spacial score (nSPS) is 16.7. The van der Waals surface area contributed by atoms with Crippen molar-refractivity contribution >= 4 is 121 Å². The molecule has 3 aliphatic carbocycles. The first-order chi connectivity index (χ1) is 67.7. The second kappa shape index (κ2) is 33.3. The fourth-order valence-corrected chi connectivity index (χ4v) is 25.2. The summed E-state index contributed by atoms with van der Waals surface area (Å²) in [6.07, 6.45) is 26.4. The minimum Gasteiger partial charge on any atom is -0.485 e. The molecule has 22 aromatic carbocycles. The molecule has 3 heterocycles. The highest BCUT2D eigenvalue weighted by Crippen LogP contribution is 2.59. The van der Waals surface area contributed by atoms with Crippen LogP contribution in [0.1, 0.15) is 34.4 Å². The fourth-order valence-electron chi connectivity index (χ4n) is 23.6. The van der Waals surface area contributed by atoms with Crippen LogP contribution >= 0.6 is 0 Å². The molecule has 6 aliphatic rings. The van der Waals surface area contributed by atoms with Gasteiger partial charge in [-0.2, -0.15) is 0 Å². The molecule has 0 spiro atoms.